The lowest BCUT2D eigenvalue weighted by molar-refractivity contribution is -0.147. The van der Waals surface area contributed by atoms with E-state index in [2.05, 4.69) is 24.4 Å². The number of likely N-dealkylation sites (tertiary alicyclic amines) is 1. The van der Waals surface area contributed by atoms with E-state index in [0.717, 1.165) is 38.2 Å². The Morgan fingerprint density at radius 1 is 1.27 bits per heavy atom. The predicted octanol–water partition coefficient (Wildman–Crippen LogP) is 1.35. The molecule has 2 aliphatic rings. The molecule has 5 heteroatoms. The second-order valence-corrected chi connectivity index (χ2v) is 6.02. The molecule has 1 amide bonds. The maximum atomic E-state index is 12.4. The molecule has 0 saturated carbocycles. The summed E-state index contributed by atoms with van der Waals surface area (Å²) in [5.74, 6) is 1.02. The minimum atomic E-state index is -0.316. The van der Waals surface area contributed by atoms with Crippen molar-refractivity contribution in [2.24, 2.45) is 0 Å². The Balaban J connectivity index is 1.47. The maximum Gasteiger partial charge on any atom is 0.253 e. The van der Waals surface area contributed by atoms with Crippen LogP contribution in [0.15, 0.2) is 24.3 Å². The lowest BCUT2D eigenvalue weighted by Gasteiger charge is -2.35. The number of hydrogen-bond acceptors (Lipinski definition) is 4. The van der Waals surface area contributed by atoms with Crippen LogP contribution in [0, 0.1) is 6.92 Å². The summed E-state index contributed by atoms with van der Waals surface area (Å²) in [6.45, 7) is 5.62. The Hall–Kier alpha value is -1.59. The van der Waals surface area contributed by atoms with Gasteiger partial charge in [-0.2, -0.15) is 0 Å². The summed E-state index contributed by atoms with van der Waals surface area (Å²) >= 11 is 0. The maximum absolute atomic E-state index is 12.4. The highest BCUT2D eigenvalue weighted by Crippen LogP contribution is 2.20. The average Bonchev–Trinajstić information content (AvgIpc) is 2.58. The van der Waals surface area contributed by atoms with E-state index in [1.807, 2.05) is 17.0 Å². The van der Waals surface area contributed by atoms with Gasteiger partial charge in [-0.25, -0.2) is 0 Å². The first-order valence-electron chi connectivity index (χ1n) is 8.07. The van der Waals surface area contributed by atoms with Crippen LogP contribution >= 0.6 is 0 Å². The number of nitrogens with zero attached hydrogens (tertiary/aromatic N) is 1. The quantitative estimate of drug-likeness (QED) is 0.916. The van der Waals surface area contributed by atoms with Crippen LogP contribution in [0.2, 0.25) is 0 Å². The summed E-state index contributed by atoms with van der Waals surface area (Å²) in [7, 11) is 0. The molecule has 1 atom stereocenters. The molecule has 120 valence electrons. The molecule has 1 N–H and O–H groups in total. The van der Waals surface area contributed by atoms with E-state index in [9.17, 15) is 4.79 Å². The number of benzene rings is 1. The zero-order valence-corrected chi connectivity index (χ0v) is 13.1. The topological polar surface area (TPSA) is 50.8 Å². The van der Waals surface area contributed by atoms with Crippen LogP contribution in [0.3, 0.4) is 0 Å². The van der Waals surface area contributed by atoms with E-state index in [-0.39, 0.29) is 18.1 Å². The zero-order valence-electron chi connectivity index (χ0n) is 13.1. The number of amides is 1. The molecular formula is C17H24N2O3. The van der Waals surface area contributed by atoms with Gasteiger partial charge in [0.2, 0.25) is 0 Å². The van der Waals surface area contributed by atoms with Gasteiger partial charge < -0.3 is 19.7 Å². The van der Waals surface area contributed by atoms with Gasteiger partial charge in [-0.3, -0.25) is 4.79 Å². The number of carbonyl (C=O) groups is 1. The third kappa shape index (κ3) is 3.78. The molecular weight excluding hydrogens is 280 g/mol. The second kappa shape index (κ2) is 7.11. The Labute approximate surface area is 131 Å². The number of morpholine rings is 1. The van der Waals surface area contributed by atoms with E-state index in [0.29, 0.717) is 13.2 Å². The van der Waals surface area contributed by atoms with E-state index in [1.54, 1.807) is 0 Å². The standard InChI is InChI=1S/C17H24N2O3/c1-13-2-4-14(5-3-13)22-15-6-9-19(10-7-15)17(20)16-12-18-8-11-21-16/h2-5,15-16,18H,6-12H2,1H3. The molecule has 3 rings (SSSR count). The van der Waals surface area contributed by atoms with Crippen LogP contribution in [0.4, 0.5) is 0 Å². The fourth-order valence-corrected chi connectivity index (χ4v) is 2.93. The number of rotatable bonds is 3. The third-order valence-electron chi connectivity index (χ3n) is 4.28. The first-order valence-corrected chi connectivity index (χ1v) is 8.07. The highest BCUT2D eigenvalue weighted by atomic mass is 16.5. The molecule has 1 aromatic carbocycles. The smallest absolute Gasteiger partial charge is 0.253 e. The number of piperidine rings is 1. The molecule has 0 radical (unpaired) electrons. The van der Waals surface area contributed by atoms with Gasteiger partial charge in [0.1, 0.15) is 18.0 Å². The molecule has 0 spiro atoms. The molecule has 5 nitrogen and oxygen atoms in total. The Morgan fingerprint density at radius 3 is 2.64 bits per heavy atom. The van der Waals surface area contributed by atoms with Crippen molar-refractivity contribution in [3.63, 3.8) is 0 Å². The monoisotopic (exact) mass is 304 g/mol. The Kier molecular flexibility index (Phi) is 4.95. The van der Waals surface area contributed by atoms with Crippen molar-refractivity contribution in [3.8, 4) is 5.75 Å². The lowest BCUT2D eigenvalue weighted by atomic mass is 10.1. The number of carbonyl (C=O) groups excluding carboxylic acids is 1. The van der Waals surface area contributed by atoms with Gasteiger partial charge in [0.15, 0.2) is 0 Å². The highest BCUT2D eigenvalue weighted by molar-refractivity contribution is 5.81. The number of hydrogen-bond donors (Lipinski definition) is 1. The average molecular weight is 304 g/mol. The summed E-state index contributed by atoms with van der Waals surface area (Å²) in [4.78, 5) is 14.3. The molecule has 1 unspecified atom stereocenters. The van der Waals surface area contributed by atoms with Gasteiger partial charge in [0, 0.05) is 39.0 Å². The van der Waals surface area contributed by atoms with Crippen LogP contribution in [0.5, 0.6) is 5.75 Å². The summed E-state index contributed by atoms with van der Waals surface area (Å²) in [5.41, 5.74) is 1.23. The molecule has 1 aromatic rings. The summed E-state index contributed by atoms with van der Waals surface area (Å²) in [6, 6.07) is 8.13. The van der Waals surface area contributed by atoms with Crippen molar-refractivity contribution in [1.82, 2.24) is 10.2 Å². The van der Waals surface area contributed by atoms with Gasteiger partial charge in [0.05, 0.1) is 6.61 Å². The van der Waals surface area contributed by atoms with Gasteiger partial charge in [-0.1, -0.05) is 17.7 Å². The predicted molar refractivity (Wildman–Crippen MR) is 84.0 cm³/mol. The zero-order chi connectivity index (χ0) is 15.4. The van der Waals surface area contributed by atoms with Crippen LogP contribution in [0.1, 0.15) is 18.4 Å². The SMILES string of the molecule is Cc1ccc(OC2CCN(C(=O)C3CNCCO3)CC2)cc1. The van der Waals surface area contributed by atoms with E-state index < -0.39 is 0 Å². The van der Waals surface area contributed by atoms with E-state index >= 15 is 0 Å². The Bertz CT molecular complexity index is 489. The molecule has 2 heterocycles. The number of ether oxygens (including phenoxy) is 2. The van der Waals surface area contributed by atoms with Crippen LogP contribution < -0.4 is 10.1 Å². The Morgan fingerprint density at radius 2 is 2.00 bits per heavy atom. The first kappa shape index (κ1) is 15.3. The second-order valence-electron chi connectivity index (χ2n) is 6.02. The van der Waals surface area contributed by atoms with Gasteiger partial charge in [0.25, 0.3) is 5.91 Å². The van der Waals surface area contributed by atoms with Crippen LogP contribution in [-0.4, -0.2) is 55.8 Å². The third-order valence-corrected chi connectivity index (χ3v) is 4.28. The van der Waals surface area contributed by atoms with Crippen molar-refractivity contribution >= 4 is 5.91 Å². The molecule has 22 heavy (non-hydrogen) atoms. The number of nitrogens with one attached hydrogen (secondary N) is 1. The van der Waals surface area contributed by atoms with Crippen LogP contribution in [-0.2, 0) is 9.53 Å². The van der Waals surface area contributed by atoms with Gasteiger partial charge in [-0.15, -0.1) is 0 Å². The molecule has 2 fully saturated rings. The fraction of sp³-hybridized carbons (Fsp3) is 0.588. The molecule has 0 bridgehead atoms. The van der Waals surface area contributed by atoms with E-state index in [1.165, 1.54) is 5.56 Å². The minimum absolute atomic E-state index is 0.112. The van der Waals surface area contributed by atoms with Crippen molar-refractivity contribution in [2.45, 2.75) is 32.0 Å². The fourth-order valence-electron chi connectivity index (χ4n) is 2.93. The first-order chi connectivity index (χ1) is 10.7. The minimum Gasteiger partial charge on any atom is -0.490 e. The summed E-state index contributed by atoms with van der Waals surface area (Å²) in [6.07, 6.45) is 1.62. The largest absolute Gasteiger partial charge is 0.490 e. The van der Waals surface area contributed by atoms with Crippen molar-refractivity contribution in [2.75, 3.05) is 32.8 Å². The molecule has 0 aliphatic carbocycles. The summed E-state index contributed by atoms with van der Waals surface area (Å²) in [5, 5.41) is 3.20. The highest BCUT2D eigenvalue weighted by Gasteiger charge is 2.30. The molecule has 0 aromatic heterocycles. The normalized spacial score (nSPS) is 23.3. The van der Waals surface area contributed by atoms with E-state index in [4.69, 9.17) is 9.47 Å². The van der Waals surface area contributed by atoms with Crippen molar-refractivity contribution in [3.05, 3.63) is 29.8 Å². The van der Waals surface area contributed by atoms with Gasteiger partial charge in [-0.05, 0) is 19.1 Å². The number of aryl methyl sites for hydroxylation is 1. The summed E-state index contributed by atoms with van der Waals surface area (Å²) < 4.78 is 11.5. The van der Waals surface area contributed by atoms with Crippen molar-refractivity contribution < 1.29 is 14.3 Å². The van der Waals surface area contributed by atoms with Crippen molar-refractivity contribution in [1.29, 1.82) is 0 Å². The van der Waals surface area contributed by atoms with Crippen LogP contribution in [0.25, 0.3) is 0 Å². The molecule has 2 aliphatic heterocycles. The molecule has 2 saturated heterocycles. The lowest BCUT2D eigenvalue weighted by Crippen LogP contribution is -2.52. The van der Waals surface area contributed by atoms with Gasteiger partial charge >= 0.3 is 0 Å².